The van der Waals surface area contributed by atoms with Crippen molar-refractivity contribution >= 4 is 58.6 Å². The van der Waals surface area contributed by atoms with Crippen LogP contribution in [0.5, 0.6) is 11.5 Å². The van der Waals surface area contributed by atoms with Crippen LogP contribution in [-0.2, 0) is 16.5 Å². The number of aromatic nitrogens is 1. The zero-order chi connectivity index (χ0) is 43.0. The summed E-state index contributed by atoms with van der Waals surface area (Å²) < 4.78 is 23.1. The molecule has 6 amide bonds. The Morgan fingerprint density at radius 2 is 1.18 bits per heavy atom. The number of amides is 6. The Labute approximate surface area is 344 Å². The van der Waals surface area contributed by atoms with Gasteiger partial charge in [-0.05, 0) is 56.0 Å². The maximum atomic E-state index is 13.9. The Morgan fingerprint density at radius 1 is 0.733 bits per heavy atom. The van der Waals surface area contributed by atoms with Crippen LogP contribution in [0, 0.1) is 0 Å². The summed E-state index contributed by atoms with van der Waals surface area (Å²) in [5.74, 6) is -2.12. The largest absolute Gasteiger partial charge is 0.495 e. The second-order valence-corrected chi connectivity index (χ2v) is 14.5. The molecular formula is C41H45N7O12. The highest BCUT2D eigenvalue weighted by molar-refractivity contribution is 6.12. The number of nitrogens with one attached hydrogen (secondary N) is 2. The molecule has 0 aliphatic carbocycles. The van der Waals surface area contributed by atoms with Gasteiger partial charge in [0.15, 0.2) is 12.5 Å². The van der Waals surface area contributed by atoms with Gasteiger partial charge in [0.05, 0.1) is 65.7 Å². The average Bonchev–Trinajstić information content (AvgIpc) is 4.00. The molecule has 0 unspecified atom stereocenters. The third-order valence-electron chi connectivity index (χ3n) is 11.0. The van der Waals surface area contributed by atoms with Gasteiger partial charge in [0.25, 0.3) is 23.6 Å². The maximum absolute atomic E-state index is 13.9. The summed E-state index contributed by atoms with van der Waals surface area (Å²) in [5, 5.41) is 28.3. The van der Waals surface area contributed by atoms with Crippen LogP contribution in [0.2, 0.25) is 0 Å². The van der Waals surface area contributed by atoms with E-state index in [1.165, 1.54) is 84.3 Å². The van der Waals surface area contributed by atoms with E-state index < -0.39 is 60.4 Å². The molecule has 1 aromatic heterocycles. The number of fused-ring (bicyclic) bond motifs is 4. The summed E-state index contributed by atoms with van der Waals surface area (Å²) in [6.07, 6.45) is 1.48. The minimum atomic E-state index is -1.46. The van der Waals surface area contributed by atoms with Crippen molar-refractivity contribution in [3.8, 4) is 11.5 Å². The van der Waals surface area contributed by atoms with Crippen LogP contribution in [0.15, 0.2) is 61.8 Å². The van der Waals surface area contributed by atoms with E-state index >= 15 is 0 Å². The highest BCUT2D eigenvalue weighted by Gasteiger charge is 2.47. The Morgan fingerprint density at radius 3 is 1.62 bits per heavy atom. The van der Waals surface area contributed by atoms with Crippen LogP contribution in [0.4, 0.5) is 32.3 Å². The van der Waals surface area contributed by atoms with Gasteiger partial charge in [-0.1, -0.05) is 25.3 Å². The van der Waals surface area contributed by atoms with Crippen molar-refractivity contribution in [1.29, 1.82) is 0 Å². The Hall–Kier alpha value is -6.86. The number of benzene rings is 2. The predicted octanol–water partition coefficient (Wildman–Crippen LogP) is 3.68. The minimum absolute atomic E-state index is 0.00971. The van der Waals surface area contributed by atoms with Crippen molar-refractivity contribution in [2.75, 3.05) is 61.0 Å². The lowest BCUT2D eigenvalue weighted by Gasteiger charge is -2.31. The number of nitrogens with zero attached hydrogens (tertiary/aromatic N) is 5. The summed E-state index contributed by atoms with van der Waals surface area (Å²) >= 11 is 0. The predicted molar refractivity (Wildman–Crippen MR) is 215 cm³/mol. The zero-order valence-corrected chi connectivity index (χ0v) is 33.2. The van der Waals surface area contributed by atoms with Crippen molar-refractivity contribution < 1.29 is 57.9 Å². The van der Waals surface area contributed by atoms with Gasteiger partial charge in [0.1, 0.15) is 30.4 Å². The first kappa shape index (κ1) is 41.3. The highest BCUT2D eigenvalue weighted by atomic mass is 16.6. The topological polar surface area (TPSA) is 222 Å². The number of aliphatic hydroxyl groups is 2. The molecule has 3 aromatic rings. The van der Waals surface area contributed by atoms with E-state index in [9.17, 15) is 39.0 Å². The molecule has 5 heterocycles. The SMILES string of the molecule is C=CCOC(=O)N1c2cc(NC(=O)c3cc(C(=O)Nc4cc5c(cc4OC)C(=O)N4CCC[C@H]4[C@H](O)N5C(=O)OCC=C)n(C)c3)c(OC)cc2C(=O)N2CCC[C@H]2[C@@H]1O. The quantitative estimate of drug-likeness (QED) is 0.215. The first-order valence-electron chi connectivity index (χ1n) is 19.2. The van der Waals surface area contributed by atoms with E-state index in [1.54, 1.807) is 0 Å². The molecule has 60 heavy (non-hydrogen) atoms. The molecule has 0 spiro atoms. The number of ether oxygens (including phenoxy) is 4. The maximum Gasteiger partial charge on any atom is 0.416 e. The second-order valence-electron chi connectivity index (χ2n) is 14.5. The smallest absolute Gasteiger partial charge is 0.416 e. The standard InChI is InChI=1S/C41H45N7O12/c1-6-14-59-40(55)47-29-19-25(32(57-4)17-23(29)36(51)45-12-8-10-27(45)38(47)53)42-34(49)22-16-31(44(3)21-22)35(50)43-26-20-30-24(18-33(26)58-5)37(52)46-13-9-11-28(46)39(54)48(30)41(56)60-15-7-2/h6-7,16-21,27-28,38-39,53-54H,1-2,8-15H2,3-5H3,(H,42,49)(H,43,50)/t27-,28-,38-,39-/m0/s1. The first-order chi connectivity index (χ1) is 28.8. The summed E-state index contributed by atoms with van der Waals surface area (Å²) in [6, 6.07) is 5.36. The third-order valence-corrected chi connectivity index (χ3v) is 11.0. The Bertz CT molecular complexity index is 2290. The fourth-order valence-corrected chi connectivity index (χ4v) is 8.17. The molecule has 7 rings (SSSR count). The molecule has 2 aromatic carbocycles. The molecule has 19 nitrogen and oxygen atoms in total. The van der Waals surface area contributed by atoms with Crippen molar-refractivity contribution in [3.63, 3.8) is 0 Å². The van der Waals surface area contributed by atoms with Gasteiger partial charge in [0, 0.05) is 26.3 Å². The van der Waals surface area contributed by atoms with E-state index in [1.807, 2.05) is 0 Å². The molecule has 4 aliphatic heterocycles. The van der Waals surface area contributed by atoms with Gasteiger partial charge in [-0.15, -0.1) is 0 Å². The fraction of sp³-hybridized carbons (Fsp3) is 0.366. The number of carbonyl (C=O) groups is 6. The van der Waals surface area contributed by atoms with Crippen LogP contribution in [0.25, 0.3) is 0 Å². The minimum Gasteiger partial charge on any atom is -0.495 e. The summed E-state index contributed by atoms with van der Waals surface area (Å²) in [4.78, 5) is 86.9. The van der Waals surface area contributed by atoms with Crippen LogP contribution in [-0.4, -0.2) is 125 Å². The van der Waals surface area contributed by atoms with E-state index in [4.69, 9.17) is 18.9 Å². The lowest BCUT2D eigenvalue weighted by atomic mass is 10.1. The van der Waals surface area contributed by atoms with Crippen LogP contribution < -0.4 is 29.9 Å². The molecule has 2 saturated heterocycles. The fourth-order valence-electron chi connectivity index (χ4n) is 8.17. The molecule has 4 atom stereocenters. The lowest BCUT2D eigenvalue weighted by molar-refractivity contribution is 0.0495. The molecular weight excluding hydrogens is 782 g/mol. The van der Waals surface area contributed by atoms with E-state index in [0.29, 0.717) is 38.8 Å². The van der Waals surface area contributed by atoms with Crippen molar-refractivity contribution in [2.24, 2.45) is 7.05 Å². The number of hydrogen-bond acceptors (Lipinski definition) is 12. The molecule has 2 fully saturated rings. The van der Waals surface area contributed by atoms with Gasteiger partial charge in [0.2, 0.25) is 0 Å². The number of rotatable bonds is 10. The summed E-state index contributed by atoms with van der Waals surface area (Å²) in [7, 11) is 4.22. The van der Waals surface area contributed by atoms with E-state index in [-0.39, 0.29) is 69.8 Å². The van der Waals surface area contributed by atoms with Gasteiger partial charge in [-0.2, -0.15) is 0 Å². The van der Waals surface area contributed by atoms with Crippen LogP contribution in [0.1, 0.15) is 67.2 Å². The molecule has 316 valence electrons. The molecule has 0 radical (unpaired) electrons. The normalized spacial score (nSPS) is 20.5. The van der Waals surface area contributed by atoms with E-state index in [2.05, 4.69) is 23.8 Å². The Kier molecular flexibility index (Phi) is 11.6. The number of carbonyl (C=O) groups excluding carboxylic acids is 6. The molecule has 19 heteroatoms. The molecule has 0 saturated carbocycles. The molecule has 0 bridgehead atoms. The monoisotopic (exact) mass is 827 g/mol. The molecule has 4 aliphatic rings. The zero-order valence-electron chi connectivity index (χ0n) is 33.2. The number of methoxy groups -OCH3 is 2. The summed E-state index contributed by atoms with van der Waals surface area (Å²) in [5.41, 5.74) is 0.182. The average molecular weight is 828 g/mol. The Balaban J connectivity index is 1.18. The van der Waals surface area contributed by atoms with Crippen molar-refractivity contribution in [2.45, 2.75) is 50.2 Å². The van der Waals surface area contributed by atoms with Crippen molar-refractivity contribution in [1.82, 2.24) is 14.4 Å². The van der Waals surface area contributed by atoms with Crippen LogP contribution in [0.3, 0.4) is 0 Å². The van der Waals surface area contributed by atoms with Gasteiger partial charge >= 0.3 is 12.2 Å². The second kappa shape index (κ2) is 16.8. The van der Waals surface area contributed by atoms with E-state index in [0.717, 1.165) is 9.80 Å². The van der Waals surface area contributed by atoms with Gasteiger partial charge in [-0.3, -0.25) is 19.2 Å². The van der Waals surface area contributed by atoms with Gasteiger partial charge in [-0.25, -0.2) is 19.4 Å². The first-order valence-corrected chi connectivity index (χ1v) is 19.2. The lowest BCUT2D eigenvalue weighted by Crippen LogP contribution is -2.50. The number of anilines is 4. The number of aliphatic hydroxyl groups excluding tert-OH is 2. The summed E-state index contributed by atoms with van der Waals surface area (Å²) in [6.45, 7) is 7.54. The molecule has 4 N–H and O–H groups in total. The number of hydrogen-bond donors (Lipinski definition) is 4. The number of aryl methyl sites for hydroxylation is 1. The highest BCUT2D eigenvalue weighted by Crippen LogP contribution is 2.42. The van der Waals surface area contributed by atoms with Crippen LogP contribution >= 0.6 is 0 Å². The van der Waals surface area contributed by atoms with Crippen molar-refractivity contribution in [3.05, 3.63) is 84.2 Å². The third kappa shape index (κ3) is 7.25. The van der Waals surface area contributed by atoms with Gasteiger partial charge < -0.3 is 54.2 Å².